The van der Waals surface area contributed by atoms with Gasteiger partial charge in [-0.15, -0.1) is 0 Å². The third-order valence-corrected chi connectivity index (χ3v) is 3.84. The maximum absolute atomic E-state index is 11.6. The van der Waals surface area contributed by atoms with E-state index in [0.29, 0.717) is 5.56 Å². The van der Waals surface area contributed by atoms with Crippen LogP contribution in [0.15, 0.2) is 18.2 Å². The normalized spacial score (nSPS) is 17.7. The van der Waals surface area contributed by atoms with Gasteiger partial charge in [0.25, 0.3) is 0 Å². The summed E-state index contributed by atoms with van der Waals surface area (Å²) in [6, 6.07) is 5.48. The van der Waals surface area contributed by atoms with Crippen molar-refractivity contribution in [1.82, 2.24) is 4.90 Å². The average Bonchev–Trinajstić information content (AvgIpc) is 2.70. The van der Waals surface area contributed by atoms with Crippen LogP contribution in [0.5, 0.6) is 0 Å². The Bertz CT molecular complexity index is 557. The van der Waals surface area contributed by atoms with Gasteiger partial charge in [-0.1, -0.05) is 12.1 Å². The Morgan fingerprint density at radius 3 is 2.45 bits per heavy atom. The van der Waals surface area contributed by atoms with E-state index in [0.717, 1.165) is 24.0 Å². The molecule has 1 unspecified atom stereocenters. The van der Waals surface area contributed by atoms with Gasteiger partial charge in [0.05, 0.1) is 6.04 Å². The van der Waals surface area contributed by atoms with Crippen LogP contribution in [0.2, 0.25) is 0 Å². The number of benzene rings is 1. The molecule has 1 atom stereocenters. The van der Waals surface area contributed by atoms with E-state index in [1.54, 1.807) is 13.0 Å². The summed E-state index contributed by atoms with van der Waals surface area (Å²) in [5.74, 6) is 0.0437. The second-order valence-corrected chi connectivity index (χ2v) is 6.35. The van der Waals surface area contributed by atoms with Crippen molar-refractivity contribution < 1.29 is 14.7 Å². The van der Waals surface area contributed by atoms with E-state index in [1.807, 2.05) is 32.9 Å². The van der Waals surface area contributed by atoms with Gasteiger partial charge in [-0.25, -0.2) is 4.79 Å². The van der Waals surface area contributed by atoms with E-state index in [1.165, 1.54) is 4.90 Å². The molecule has 0 saturated carbocycles. The molecule has 0 spiro atoms. The van der Waals surface area contributed by atoms with Crippen molar-refractivity contribution in [3.8, 4) is 0 Å². The second-order valence-electron chi connectivity index (χ2n) is 6.35. The highest BCUT2D eigenvalue weighted by Crippen LogP contribution is 2.39. The molecule has 1 aromatic carbocycles. The predicted molar refractivity (Wildman–Crippen MR) is 77.1 cm³/mol. The van der Waals surface area contributed by atoms with Crippen molar-refractivity contribution in [1.29, 1.82) is 0 Å². The molecule has 20 heavy (non-hydrogen) atoms. The molecular formula is C16H21NO3. The van der Waals surface area contributed by atoms with Crippen molar-refractivity contribution in [3.63, 3.8) is 0 Å². The molecule has 1 aliphatic rings. The summed E-state index contributed by atoms with van der Waals surface area (Å²) < 4.78 is 0. The molecule has 1 aromatic rings. The fourth-order valence-electron chi connectivity index (χ4n) is 2.97. The highest BCUT2D eigenvalue weighted by atomic mass is 16.4. The molecule has 108 valence electrons. The molecule has 4 heteroatoms. The average molecular weight is 275 g/mol. The highest BCUT2D eigenvalue weighted by Gasteiger charge is 2.37. The van der Waals surface area contributed by atoms with Crippen LogP contribution >= 0.6 is 0 Å². The van der Waals surface area contributed by atoms with Crippen molar-refractivity contribution in [3.05, 3.63) is 34.9 Å². The Hall–Kier alpha value is -1.84. The quantitative estimate of drug-likeness (QED) is 0.838. The molecule has 0 heterocycles. The first-order valence-corrected chi connectivity index (χ1v) is 6.88. The number of aryl methyl sites for hydroxylation is 1. The number of amides is 1. The van der Waals surface area contributed by atoms with Crippen LogP contribution in [0, 0.1) is 0 Å². The van der Waals surface area contributed by atoms with E-state index in [2.05, 4.69) is 0 Å². The van der Waals surface area contributed by atoms with Crippen LogP contribution < -0.4 is 0 Å². The topological polar surface area (TPSA) is 57.6 Å². The fraction of sp³-hybridized carbons (Fsp3) is 0.500. The van der Waals surface area contributed by atoms with Gasteiger partial charge in [-0.3, -0.25) is 9.69 Å². The molecule has 4 nitrogen and oxygen atoms in total. The third-order valence-electron chi connectivity index (χ3n) is 3.84. The highest BCUT2D eigenvalue weighted by molar-refractivity contribution is 5.94. The number of carboxylic acid groups (broad SMARTS) is 1. The molecule has 0 aromatic heterocycles. The van der Waals surface area contributed by atoms with Crippen molar-refractivity contribution in [2.24, 2.45) is 0 Å². The first kappa shape index (κ1) is 14.6. The number of hydrogen-bond donors (Lipinski definition) is 1. The molecule has 0 aliphatic heterocycles. The lowest BCUT2D eigenvalue weighted by Crippen LogP contribution is -2.46. The number of nitrogens with zero attached hydrogens (tertiary/aromatic N) is 1. The summed E-state index contributed by atoms with van der Waals surface area (Å²) in [5, 5.41) is 9.51. The Kier molecular flexibility index (Phi) is 3.59. The molecular weight excluding hydrogens is 254 g/mol. The van der Waals surface area contributed by atoms with Crippen molar-refractivity contribution in [2.75, 3.05) is 0 Å². The second kappa shape index (κ2) is 4.93. The van der Waals surface area contributed by atoms with Gasteiger partial charge in [-0.05, 0) is 57.7 Å². The summed E-state index contributed by atoms with van der Waals surface area (Å²) in [7, 11) is 0. The van der Waals surface area contributed by atoms with Crippen LogP contribution in [-0.2, 0) is 6.42 Å². The number of carbonyl (C=O) groups is 2. The van der Waals surface area contributed by atoms with Crippen LogP contribution in [0.4, 0.5) is 4.79 Å². The van der Waals surface area contributed by atoms with Crippen molar-refractivity contribution in [2.45, 2.75) is 52.1 Å². The van der Waals surface area contributed by atoms with Gasteiger partial charge in [0.1, 0.15) is 0 Å². The lowest BCUT2D eigenvalue weighted by molar-refractivity contribution is 0.0700. The van der Waals surface area contributed by atoms with E-state index in [4.69, 9.17) is 0 Å². The van der Waals surface area contributed by atoms with Gasteiger partial charge < -0.3 is 5.11 Å². The molecule has 1 N–H and O–H groups in total. The van der Waals surface area contributed by atoms with Gasteiger partial charge in [0.2, 0.25) is 0 Å². The van der Waals surface area contributed by atoms with Crippen LogP contribution in [0.3, 0.4) is 0 Å². The molecule has 1 amide bonds. The largest absolute Gasteiger partial charge is 0.465 e. The maximum atomic E-state index is 11.6. The minimum atomic E-state index is -0.897. The monoisotopic (exact) mass is 275 g/mol. The number of carbonyl (C=O) groups excluding carboxylic acids is 1. The van der Waals surface area contributed by atoms with Crippen LogP contribution in [-0.4, -0.2) is 27.4 Å². The molecule has 0 radical (unpaired) electrons. The lowest BCUT2D eigenvalue weighted by Gasteiger charge is -2.38. The number of fused-ring (bicyclic) bond motifs is 1. The third kappa shape index (κ3) is 2.55. The smallest absolute Gasteiger partial charge is 0.408 e. The number of Topliss-reactive ketones (excluding diaryl/α,β-unsaturated/α-hetero) is 1. The molecule has 0 bridgehead atoms. The van der Waals surface area contributed by atoms with Gasteiger partial charge in [-0.2, -0.15) is 0 Å². The van der Waals surface area contributed by atoms with E-state index < -0.39 is 11.6 Å². The minimum absolute atomic E-state index is 0.0437. The van der Waals surface area contributed by atoms with Gasteiger partial charge in [0.15, 0.2) is 5.78 Å². The molecule has 0 fully saturated rings. The minimum Gasteiger partial charge on any atom is -0.465 e. The summed E-state index contributed by atoms with van der Waals surface area (Å²) >= 11 is 0. The van der Waals surface area contributed by atoms with Crippen LogP contribution in [0.1, 0.15) is 61.6 Å². The number of ketones is 1. The molecule has 0 saturated heterocycles. The zero-order valence-electron chi connectivity index (χ0n) is 12.4. The standard InChI is InChI=1S/C16H21NO3/c1-10(18)11-5-7-13-12(9-11)6-8-14(13)17(15(19)20)16(2,3)4/h5,7,9,14H,6,8H2,1-4H3,(H,19,20). The Morgan fingerprint density at radius 1 is 1.30 bits per heavy atom. The molecule has 2 rings (SSSR count). The van der Waals surface area contributed by atoms with Gasteiger partial charge in [0, 0.05) is 11.1 Å². The fourth-order valence-corrected chi connectivity index (χ4v) is 2.97. The number of rotatable bonds is 2. The Balaban J connectivity index is 2.41. The summed E-state index contributed by atoms with van der Waals surface area (Å²) in [4.78, 5) is 24.5. The summed E-state index contributed by atoms with van der Waals surface area (Å²) in [6.07, 6.45) is 0.701. The Labute approximate surface area is 119 Å². The summed E-state index contributed by atoms with van der Waals surface area (Å²) in [5.41, 5.74) is 2.38. The Morgan fingerprint density at radius 2 is 1.95 bits per heavy atom. The lowest BCUT2D eigenvalue weighted by atomic mass is 9.98. The number of hydrogen-bond acceptors (Lipinski definition) is 2. The molecule has 1 aliphatic carbocycles. The SMILES string of the molecule is CC(=O)c1ccc2c(c1)CCC2N(C(=O)O)C(C)(C)C. The van der Waals surface area contributed by atoms with E-state index in [9.17, 15) is 14.7 Å². The zero-order valence-corrected chi connectivity index (χ0v) is 12.4. The van der Waals surface area contributed by atoms with Crippen LogP contribution in [0.25, 0.3) is 0 Å². The first-order chi connectivity index (χ1) is 9.21. The van der Waals surface area contributed by atoms with E-state index in [-0.39, 0.29) is 11.8 Å². The predicted octanol–water partition coefficient (Wildman–Crippen LogP) is 3.66. The van der Waals surface area contributed by atoms with Crippen molar-refractivity contribution >= 4 is 11.9 Å². The zero-order chi connectivity index (χ0) is 15.1. The summed E-state index contributed by atoms with van der Waals surface area (Å²) in [6.45, 7) is 7.27. The van der Waals surface area contributed by atoms with E-state index >= 15 is 0 Å². The maximum Gasteiger partial charge on any atom is 0.408 e. The van der Waals surface area contributed by atoms with Gasteiger partial charge >= 0.3 is 6.09 Å². The first-order valence-electron chi connectivity index (χ1n) is 6.88.